The Kier molecular flexibility index (Phi) is 6.03. The van der Waals surface area contributed by atoms with Crippen LogP contribution in [0.5, 0.6) is 0 Å². The number of aryl methyl sites for hydroxylation is 2. The van der Waals surface area contributed by atoms with E-state index in [2.05, 4.69) is 13.8 Å². The van der Waals surface area contributed by atoms with Crippen LogP contribution in [0.3, 0.4) is 0 Å². The molecule has 0 aliphatic carbocycles. The van der Waals surface area contributed by atoms with Gasteiger partial charge in [-0.3, -0.25) is 4.79 Å². The van der Waals surface area contributed by atoms with Crippen molar-refractivity contribution in [3.8, 4) is 0 Å². The first-order valence-corrected chi connectivity index (χ1v) is 7.04. The van der Waals surface area contributed by atoms with Crippen LogP contribution in [-0.2, 0) is 0 Å². The number of nitrogens with zero attached hydrogens (tertiary/aromatic N) is 1. The summed E-state index contributed by atoms with van der Waals surface area (Å²) in [5, 5.41) is 9.19. The molecule has 1 rings (SSSR count). The minimum Gasteiger partial charge on any atom is -0.395 e. The molecular weight excluding hydrogens is 238 g/mol. The molecule has 0 saturated heterocycles. The van der Waals surface area contributed by atoms with E-state index in [9.17, 15) is 9.90 Å². The molecule has 0 unspecified atom stereocenters. The monoisotopic (exact) mass is 263 g/mol. The van der Waals surface area contributed by atoms with Gasteiger partial charge in [0.05, 0.1) is 6.61 Å². The molecule has 3 nitrogen and oxygen atoms in total. The minimum atomic E-state index is 0.00709. The Balaban J connectivity index is 3.04. The van der Waals surface area contributed by atoms with Crippen LogP contribution in [0.15, 0.2) is 18.2 Å². The predicted molar refractivity (Wildman–Crippen MR) is 78.4 cm³/mol. The quantitative estimate of drug-likeness (QED) is 0.857. The zero-order chi connectivity index (χ0) is 14.4. The number of amides is 1. The van der Waals surface area contributed by atoms with Crippen molar-refractivity contribution in [2.75, 3.05) is 13.2 Å². The Hall–Kier alpha value is -1.35. The zero-order valence-electron chi connectivity index (χ0n) is 12.4. The van der Waals surface area contributed by atoms with Gasteiger partial charge >= 0.3 is 0 Å². The van der Waals surface area contributed by atoms with E-state index < -0.39 is 0 Å². The Morgan fingerprint density at radius 2 is 1.89 bits per heavy atom. The van der Waals surface area contributed by atoms with Crippen LogP contribution in [0.4, 0.5) is 0 Å². The van der Waals surface area contributed by atoms with Crippen LogP contribution in [-0.4, -0.2) is 35.1 Å². The molecule has 0 aliphatic heterocycles. The summed E-state index contributed by atoms with van der Waals surface area (Å²) in [5.41, 5.74) is 2.90. The maximum Gasteiger partial charge on any atom is 0.254 e. The van der Waals surface area contributed by atoms with Crippen molar-refractivity contribution in [2.24, 2.45) is 0 Å². The Morgan fingerprint density at radius 3 is 2.37 bits per heavy atom. The van der Waals surface area contributed by atoms with Crippen molar-refractivity contribution in [1.29, 1.82) is 0 Å². The van der Waals surface area contributed by atoms with E-state index in [-0.39, 0.29) is 18.6 Å². The van der Waals surface area contributed by atoms with E-state index in [1.54, 1.807) is 4.90 Å². The molecule has 106 valence electrons. The first kappa shape index (κ1) is 15.7. The van der Waals surface area contributed by atoms with Gasteiger partial charge in [0, 0.05) is 18.2 Å². The maximum absolute atomic E-state index is 12.6. The molecule has 0 fully saturated rings. The van der Waals surface area contributed by atoms with Crippen molar-refractivity contribution >= 4 is 5.91 Å². The first-order chi connectivity index (χ1) is 9.04. The average Bonchev–Trinajstić information content (AvgIpc) is 2.38. The molecule has 1 aromatic rings. The summed E-state index contributed by atoms with van der Waals surface area (Å²) in [4.78, 5) is 14.4. The third-order valence-corrected chi connectivity index (χ3v) is 3.60. The normalized spacial score (nSPS) is 10.8. The Labute approximate surface area is 116 Å². The van der Waals surface area contributed by atoms with E-state index in [0.717, 1.165) is 29.5 Å². The van der Waals surface area contributed by atoms with Crippen LogP contribution in [0.2, 0.25) is 0 Å². The number of carbonyl (C=O) groups is 1. The third-order valence-electron chi connectivity index (χ3n) is 3.60. The molecule has 1 N–H and O–H groups in total. The summed E-state index contributed by atoms with van der Waals surface area (Å²) in [7, 11) is 0. The van der Waals surface area contributed by atoms with Gasteiger partial charge in [-0.05, 0) is 38.3 Å². The molecular formula is C16H25NO2. The van der Waals surface area contributed by atoms with Gasteiger partial charge in [0.1, 0.15) is 0 Å². The second kappa shape index (κ2) is 7.29. The standard InChI is InChI=1S/C16H25NO2/c1-5-14(6-2)17(9-10-18)16(19)15-8-7-12(3)11-13(15)4/h7-8,11,14,18H,5-6,9-10H2,1-4H3. The molecule has 0 spiro atoms. The van der Waals surface area contributed by atoms with Crippen LogP contribution in [0, 0.1) is 13.8 Å². The number of carbonyl (C=O) groups excluding carboxylic acids is 1. The van der Waals surface area contributed by atoms with Crippen molar-refractivity contribution in [2.45, 2.75) is 46.6 Å². The summed E-state index contributed by atoms with van der Waals surface area (Å²) in [6.07, 6.45) is 1.82. The van der Waals surface area contributed by atoms with Gasteiger partial charge in [0.2, 0.25) is 0 Å². The molecule has 19 heavy (non-hydrogen) atoms. The van der Waals surface area contributed by atoms with Gasteiger partial charge < -0.3 is 10.0 Å². The lowest BCUT2D eigenvalue weighted by Crippen LogP contribution is -2.41. The summed E-state index contributed by atoms with van der Waals surface area (Å²) >= 11 is 0. The molecule has 0 saturated carbocycles. The maximum atomic E-state index is 12.6. The van der Waals surface area contributed by atoms with Gasteiger partial charge in [-0.25, -0.2) is 0 Å². The zero-order valence-corrected chi connectivity index (χ0v) is 12.4. The Bertz CT molecular complexity index is 425. The fourth-order valence-corrected chi connectivity index (χ4v) is 2.50. The number of hydrogen-bond acceptors (Lipinski definition) is 2. The van der Waals surface area contributed by atoms with Gasteiger partial charge in [0.15, 0.2) is 0 Å². The van der Waals surface area contributed by atoms with Gasteiger partial charge in [-0.1, -0.05) is 31.5 Å². The van der Waals surface area contributed by atoms with Crippen molar-refractivity contribution < 1.29 is 9.90 Å². The molecule has 1 amide bonds. The lowest BCUT2D eigenvalue weighted by Gasteiger charge is -2.30. The van der Waals surface area contributed by atoms with Crippen LogP contribution in [0.25, 0.3) is 0 Å². The lowest BCUT2D eigenvalue weighted by molar-refractivity contribution is 0.0621. The molecule has 3 heteroatoms. The number of hydrogen-bond donors (Lipinski definition) is 1. The lowest BCUT2D eigenvalue weighted by atomic mass is 10.0. The molecule has 0 bridgehead atoms. The van der Waals surface area contributed by atoms with E-state index >= 15 is 0 Å². The van der Waals surface area contributed by atoms with E-state index in [1.165, 1.54) is 0 Å². The van der Waals surface area contributed by atoms with E-state index in [0.29, 0.717) is 6.54 Å². The minimum absolute atomic E-state index is 0.00709. The van der Waals surface area contributed by atoms with Crippen LogP contribution < -0.4 is 0 Å². The smallest absolute Gasteiger partial charge is 0.254 e. The average molecular weight is 263 g/mol. The summed E-state index contributed by atoms with van der Waals surface area (Å²) < 4.78 is 0. The molecule has 0 radical (unpaired) electrons. The van der Waals surface area contributed by atoms with E-state index in [1.807, 2.05) is 32.0 Å². The highest BCUT2D eigenvalue weighted by molar-refractivity contribution is 5.96. The fourth-order valence-electron chi connectivity index (χ4n) is 2.50. The second-order valence-electron chi connectivity index (χ2n) is 5.01. The highest BCUT2D eigenvalue weighted by atomic mass is 16.3. The summed E-state index contributed by atoms with van der Waals surface area (Å²) in [6, 6.07) is 6.07. The summed E-state index contributed by atoms with van der Waals surface area (Å²) in [6.45, 7) is 8.55. The fraction of sp³-hybridized carbons (Fsp3) is 0.562. The first-order valence-electron chi connectivity index (χ1n) is 7.04. The number of rotatable bonds is 6. The molecule has 0 heterocycles. The SMILES string of the molecule is CCC(CC)N(CCO)C(=O)c1ccc(C)cc1C. The van der Waals surface area contributed by atoms with Crippen molar-refractivity contribution in [3.63, 3.8) is 0 Å². The number of aliphatic hydroxyl groups is 1. The topological polar surface area (TPSA) is 40.5 Å². The predicted octanol–water partition coefficient (Wildman–Crippen LogP) is 2.93. The van der Waals surface area contributed by atoms with Gasteiger partial charge in [0.25, 0.3) is 5.91 Å². The highest BCUT2D eigenvalue weighted by Gasteiger charge is 2.22. The third kappa shape index (κ3) is 3.80. The largest absolute Gasteiger partial charge is 0.395 e. The van der Waals surface area contributed by atoms with Crippen LogP contribution in [0.1, 0.15) is 48.2 Å². The summed E-state index contributed by atoms with van der Waals surface area (Å²) in [5.74, 6) is 0.0280. The number of aliphatic hydroxyl groups excluding tert-OH is 1. The highest BCUT2D eigenvalue weighted by Crippen LogP contribution is 2.17. The molecule has 0 atom stereocenters. The van der Waals surface area contributed by atoms with Crippen LogP contribution >= 0.6 is 0 Å². The number of benzene rings is 1. The molecule has 0 aliphatic rings. The second-order valence-corrected chi connectivity index (χ2v) is 5.01. The molecule has 1 aromatic carbocycles. The molecule has 0 aromatic heterocycles. The van der Waals surface area contributed by atoms with Gasteiger partial charge in [-0.2, -0.15) is 0 Å². The van der Waals surface area contributed by atoms with Crippen molar-refractivity contribution in [1.82, 2.24) is 4.90 Å². The van der Waals surface area contributed by atoms with Crippen molar-refractivity contribution in [3.05, 3.63) is 34.9 Å². The van der Waals surface area contributed by atoms with E-state index in [4.69, 9.17) is 0 Å². The van der Waals surface area contributed by atoms with Gasteiger partial charge in [-0.15, -0.1) is 0 Å². The Morgan fingerprint density at radius 1 is 1.26 bits per heavy atom.